The predicted molar refractivity (Wildman–Crippen MR) is 102 cm³/mol. The highest BCUT2D eigenvalue weighted by Crippen LogP contribution is 2.40. The van der Waals surface area contributed by atoms with Gasteiger partial charge in [0.2, 0.25) is 0 Å². The summed E-state index contributed by atoms with van der Waals surface area (Å²) in [4.78, 5) is 19.1. The summed E-state index contributed by atoms with van der Waals surface area (Å²) in [6.45, 7) is 2.73. The van der Waals surface area contributed by atoms with Gasteiger partial charge in [0.1, 0.15) is 11.9 Å². The van der Waals surface area contributed by atoms with Gasteiger partial charge in [0.15, 0.2) is 5.78 Å². The van der Waals surface area contributed by atoms with Gasteiger partial charge in [-0.1, -0.05) is 6.42 Å². The zero-order valence-corrected chi connectivity index (χ0v) is 15.4. The van der Waals surface area contributed by atoms with E-state index in [0.29, 0.717) is 24.3 Å². The smallest absolute Gasteiger partial charge is 0.157 e. The number of carbonyl (C=O) groups excluding carboxylic acids is 1. The molecule has 0 radical (unpaired) electrons. The normalized spacial score (nSPS) is 30.2. The molecule has 2 atom stereocenters. The van der Waals surface area contributed by atoms with Crippen molar-refractivity contribution in [3.8, 4) is 5.75 Å². The lowest BCUT2D eigenvalue weighted by molar-refractivity contribution is -0.125. The monoisotopic (exact) mass is 352 g/mol. The van der Waals surface area contributed by atoms with E-state index in [2.05, 4.69) is 34.2 Å². The number of benzene rings is 1. The van der Waals surface area contributed by atoms with Crippen LogP contribution in [0.5, 0.6) is 5.75 Å². The van der Waals surface area contributed by atoms with Crippen molar-refractivity contribution in [2.75, 3.05) is 19.6 Å². The van der Waals surface area contributed by atoms with E-state index in [1.54, 1.807) is 0 Å². The summed E-state index contributed by atoms with van der Waals surface area (Å²) in [6, 6.07) is 9.28. The third kappa shape index (κ3) is 2.98. The molecule has 138 valence electrons. The number of nitrogens with zero attached hydrogens (tertiary/aromatic N) is 2. The summed E-state index contributed by atoms with van der Waals surface area (Å²) in [5.41, 5.74) is 2.31. The average Bonchev–Trinajstić information content (AvgIpc) is 2.57. The van der Waals surface area contributed by atoms with Crippen LogP contribution in [-0.2, 0) is 4.79 Å². The van der Waals surface area contributed by atoms with E-state index >= 15 is 0 Å². The van der Waals surface area contributed by atoms with Gasteiger partial charge in [0.25, 0.3) is 0 Å². The molecule has 0 aromatic heterocycles. The molecule has 0 bridgehead atoms. The van der Waals surface area contributed by atoms with Crippen LogP contribution in [-0.4, -0.2) is 48.2 Å². The number of Topliss-reactive ketones (excluding diaryl/α,β-unsaturated/α-hetero) is 1. The molecule has 1 saturated heterocycles. The van der Waals surface area contributed by atoms with Crippen LogP contribution in [0.3, 0.4) is 0 Å². The van der Waals surface area contributed by atoms with Crippen LogP contribution >= 0.6 is 0 Å². The highest BCUT2D eigenvalue weighted by molar-refractivity contribution is 6.08. The number of hydrogen-bond donors (Lipinski definition) is 0. The summed E-state index contributed by atoms with van der Waals surface area (Å²) in [7, 11) is 0. The first-order chi connectivity index (χ1) is 12.8. The first-order valence-electron chi connectivity index (χ1n) is 10.4. The average molecular weight is 352 g/mol. The molecule has 2 aliphatic carbocycles. The van der Waals surface area contributed by atoms with Crippen LogP contribution in [0, 0.1) is 11.8 Å². The van der Waals surface area contributed by atoms with E-state index in [0.717, 1.165) is 43.2 Å². The fraction of sp³-hybridized carbons (Fsp3) is 0.636. The Labute approximate surface area is 155 Å². The number of hydrogen-bond acceptors (Lipinski definition) is 4. The molecular formula is C22H28N2O2. The lowest BCUT2D eigenvalue weighted by atomic mass is 9.66. The van der Waals surface area contributed by atoms with Gasteiger partial charge in [0.05, 0.1) is 6.54 Å². The van der Waals surface area contributed by atoms with Crippen LogP contribution in [0.4, 0.5) is 0 Å². The van der Waals surface area contributed by atoms with Crippen LogP contribution in [0.25, 0.3) is 0 Å². The molecule has 3 fully saturated rings. The minimum Gasteiger partial charge on any atom is -0.490 e. The fourth-order valence-electron chi connectivity index (χ4n) is 4.92. The lowest BCUT2D eigenvalue weighted by Gasteiger charge is -2.41. The van der Waals surface area contributed by atoms with Crippen molar-refractivity contribution in [3.63, 3.8) is 0 Å². The van der Waals surface area contributed by atoms with Crippen molar-refractivity contribution < 1.29 is 9.53 Å². The molecule has 2 saturated carbocycles. The van der Waals surface area contributed by atoms with Crippen molar-refractivity contribution in [1.29, 1.82) is 0 Å². The summed E-state index contributed by atoms with van der Waals surface area (Å²) in [5, 5.41) is 0. The second kappa shape index (κ2) is 6.80. The third-order valence-corrected chi connectivity index (χ3v) is 6.96. The van der Waals surface area contributed by atoms with E-state index in [9.17, 15) is 4.79 Å². The molecule has 4 nitrogen and oxygen atoms in total. The van der Waals surface area contributed by atoms with E-state index in [-0.39, 0.29) is 5.92 Å². The Morgan fingerprint density at radius 1 is 0.923 bits per heavy atom. The van der Waals surface area contributed by atoms with Gasteiger partial charge in [-0.05, 0) is 68.4 Å². The second-order valence-electron chi connectivity index (χ2n) is 8.42. The maximum Gasteiger partial charge on any atom is 0.157 e. The Morgan fingerprint density at radius 2 is 1.65 bits per heavy atom. The maximum atomic E-state index is 11.9. The molecule has 5 rings (SSSR count). The molecule has 0 N–H and O–H groups in total. The lowest BCUT2D eigenvalue weighted by Crippen LogP contribution is -2.46. The number of fused-ring (bicyclic) bond motifs is 1. The van der Waals surface area contributed by atoms with Crippen molar-refractivity contribution in [1.82, 2.24) is 4.90 Å². The predicted octanol–water partition coefficient (Wildman–Crippen LogP) is 3.48. The van der Waals surface area contributed by atoms with Crippen molar-refractivity contribution in [3.05, 3.63) is 29.8 Å². The molecule has 2 unspecified atom stereocenters. The number of ether oxygens (including phenoxy) is 1. The zero-order chi connectivity index (χ0) is 17.5. The minimum absolute atomic E-state index is 0.235. The maximum absolute atomic E-state index is 11.9. The van der Waals surface area contributed by atoms with Crippen molar-refractivity contribution in [2.45, 2.75) is 57.1 Å². The van der Waals surface area contributed by atoms with Gasteiger partial charge in [-0.2, -0.15) is 0 Å². The highest BCUT2D eigenvalue weighted by atomic mass is 16.5. The summed E-state index contributed by atoms with van der Waals surface area (Å²) < 4.78 is 6.24. The molecule has 0 amide bonds. The minimum atomic E-state index is 0.235. The van der Waals surface area contributed by atoms with Gasteiger partial charge >= 0.3 is 0 Å². The zero-order valence-electron chi connectivity index (χ0n) is 15.4. The molecule has 26 heavy (non-hydrogen) atoms. The highest BCUT2D eigenvalue weighted by Gasteiger charge is 2.42. The number of piperidine rings is 1. The molecule has 1 aromatic carbocycles. The Morgan fingerprint density at radius 3 is 2.27 bits per heavy atom. The van der Waals surface area contributed by atoms with Gasteiger partial charge in [-0.15, -0.1) is 0 Å². The molecular weight excluding hydrogens is 324 g/mol. The molecule has 4 aliphatic rings. The number of ketones is 1. The fourth-order valence-corrected chi connectivity index (χ4v) is 4.92. The largest absolute Gasteiger partial charge is 0.490 e. The second-order valence-corrected chi connectivity index (χ2v) is 8.42. The summed E-state index contributed by atoms with van der Waals surface area (Å²) in [6.07, 6.45) is 8.96. The topological polar surface area (TPSA) is 41.9 Å². The van der Waals surface area contributed by atoms with Crippen LogP contribution in [0.1, 0.15) is 50.5 Å². The van der Waals surface area contributed by atoms with Crippen molar-refractivity contribution >= 4 is 11.5 Å². The molecule has 1 aromatic rings. The van der Waals surface area contributed by atoms with E-state index in [1.807, 2.05) is 0 Å². The van der Waals surface area contributed by atoms with Crippen LogP contribution in [0.2, 0.25) is 0 Å². The quantitative estimate of drug-likeness (QED) is 0.833. The number of carbonyl (C=O) groups is 1. The Hall–Kier alpha value is -1.68. The van der Waals surface area contributed by atoms with Gasteiger partial charge in [-0.3, -0.25) is 9.79 Å². The Kier molecular flexibility index (Phi) is 4.32. The van der Waals surface area contributed by atoms with Gasteiger partial charge < -0.3 is 9.64 Å². The van der Waals surface area contributed by atoms with Gasteiger partial charge in [0, 0.05) is 36.7 Å². The van der Waals surface area contributed by atoms with E-state index in [4.69, 9.17) is 4.74 Å². The SMILES string of the molecule is O=C1CN=C(c2ccc(OC3CCN(C4CCC4)CC3)cc2)C2CCC12. The molecule has 4 heteroatoms. The first-order valence-corrected chi connectivity index (χ1v) is 10.4. The van der Waals surface area contributed by atoms with Gasteiger partial charge in [-0.25, -0.2) is 0 Å². The number of likely N-dealkylation sites (tertiary alicyclic amines) is 1. The molecule has 2 heterocycles. The van der Waals surface area contributed by atoms with Crippen LogP contribution in [0.15, 0.2) is 29.3 Å². The third-order valence-electron chi connectivity index (χ3n) is 6.96. The number of aliphatic imine (C=N–C) groups is 1. The first kappa shape index (κ1) is 16.5. The van der Waals surface area contributed by atoms with E-state index in [1.165, 1.54) is 37.9 Å². The molecule has 2 aliphatic heterocycles. The standard InChI is InChI=1S/C22H28N2O2/c25-21-14-23-22(20-9-8-19(20)21)15-4-6-17(7-5-15)26-18-10-12-24(13-11-18)16-2-1-3-16/h4-7,16,18-20H,1-3,8-14H2. The van der Waals surface area contributed by atoms with E-state index < -0.39 is 0 Å². The number of rotatable bonds is 4. The van der Waals surface area contributed by atoms with Crippen LogP contribution < -0.4 is 4.74 Å². The Bertz CT molecular complexity index is 699. The molecule has 0 spiro atoms. The Balaban J connectivity index is 1.19. The summed E-state index contributed by atoms with van der Waals surface area (Å²) in [5.74, 6) is 1.89. The summed E-state index contributed by atoms with van der Waals surface area (Å²) >= 11 is 0. The van der Waals surface area contributed by atoms with Crippen molar-refractivity contribution in [2.24, 2.45) is 16.8 Å².